The normalized spacial score (nSPS) is 11.5. The van der Waals surface area contributed by atoms with Crippen LogP contribution in [0.2, 0.25) is 0 Å². The van der Waals surface area contributed by atoms with Crippen LogP contribution in [-0.2, 0) is 11.3 Å². The number of ether oxygens (including phenoxy) is 1. The van der Waals surface area contributed by atoms with Crippen LogP contribution in [0, 0.1) is 0 Å². The van der Waals surface area contributed by atoms with Gasteiger partial charge in [0, 0.05) is 9.75 Å². The maximum absolute atomic E-state index is 5.53. The van der Waals surface area contributed by atoms with Crippen LogP contribution in [-0.4, -0.2) is 6.10 Å². The van der Waals surface area contributed by atoms with Crippen LogP contribution < -0.4 is 0 Å². The van der Waals surface area contributed by atoms with Crippen molar-refractivity contribution in [1.29, 1.82) is 0 Å². The molecule has 0 radical (unpaired) electrons. The summed E-state index contributed by atoms with van der Waals surface area (Å²) in [5, 5.41) is 0. The number of hydrogen-bond donors (Lipinski definition) is 0. The van der Waals surface area contributed by atoms with Crippen molar-refractivity contribution in [2.45, 2.75) is 46.3 Å². The first-order valence-electron chi connectivity index (χ1n) is 4.79. The summed E-state index contributed by atoms with van der Waals surface area (Å²) in [5.74, 6) is 0.637. The van der Waals surface area contributed by atoms with Crippen LogP contribution in [0.15, 0.2) is 12.1 Å². The standard InChI is InChI=1S/C11H18OS/c1-8(2)11-6-5-10(13-11)7-12-9(3)4/h5-6,8-9H,7H2,1-4H3. The molecule has 74 valence electrons. The molecule has 0 aliphatic rings. The molecule has 0 saturated heterocycles. The Morgan fingerprint density at radius 3 is 2.38 bits per heavy atom. The highest BCUT2D eigenvalue weighted by molar-refractivity contribution is 7.12. The molecule has 0 unspecified atom stereocenters. The van der Waals surface area contributed by atoms with Crippen molar-refractivity contribution >= 4 is 11.3 Å². The summed E-state index contributed by atoms with van der Waals surface area (Å²) < 4.78 is 5.53. The molecule has 0 spiro atoms. The summed E-state index contributed by atoms with van der Waals surface area (Å²) in [6.07, 6.45) is 0.324. The maximum atomic E-state index is 5.53. The van der Waals surface area contributed by atoms with Crippen molar-refractivity contribution in [2.24, 2.45) is 0 Å². The molecular weight excluding hydrogens is 180 g/mol. The first-order valence-corrected chi connectivity index (χ1v) is 5.61. The second kappa shape index (κ2) is 4.77. The van der Waals surface area contributed by atoms with Gasteiger partial charge in [0.15, 0.2) is 0 Å². The minimum atomic E-state index is 0.324. The van der Waals surface area contributed by atoms with Gasteiger partial charge in [0.05, 0.1) is 12.7 Å². The average molecular weight is 198 g/mol. The van der Waals surface area contributed by atoms with E-state index in [0.717, 1.165) is 6.61 Å². The van der Waals surface area contributed by atoms with Crippen LogP contribution in [0.1, 0.15) is 43.4 Å². The summed E-state index contributed by atoms with van der Waals surface area (Å²) in [5.41, 5.74) is 0. The predicted molar refractivity (Wildman–Crippen MR) is 58.3 cm³/mol. The first kappa shape index (κ1) is 10.7. The van der Waals surface area contributed by atoms with Gasteiger partial charge in [-0.25, -0.2) is 0 Å². The second-order valence-electron chi connectivity index (χ2n) is 3.82. The zero-order valence-corrected chi connectivity index (χ0v) is 9.65. The minimum Gasteiger partial charge on any atom is -0.373 e. The van der Waals surface area contributed by atoms with E-state index in [1.807, 2.05) is 11.3 Å². The van der Waals surface area contributed by atoms with Gasteiger partial charge in [0.1, 0.15) is 0 Å². The van der Waals surface area contributed by atoms with Crippen LogP contribution >= 0.6 is 11.3 Å². The molecule has 0 aromatic carbocycles. The summed E-state index contributed by atoms with van der Waals surface area (Å²) >= 11 is 1.86. The Kier molecular flexibility index (Phi) is 3.94. The van der Waals surface area contributed by atoms with E-state index in [1.165, 1.54) is 9.75 Å². The van der Waals surface area contributed by atoms with Gasteiger partial charge in [-0.15, -0.1) is 11.3 Å². The van der Waals surface area contributed by atoms with E-state index < -0.39 is 0 Å². The Hall–Kier alpha value is -0.340. The molecule has 0 atom stereocenters. The smallest absolute Gasteiger partial charge is 0.0812 e. The molecule has 1 heterocycles. The molecule has 13 heavy (non-hydrogen) atoms. The fourth-order valence-corrected chi connectivity index (χ4v) is 1.97. The predicted octanol–water partition coefficient (Wildman–Crippen LogP) is 3.80. The number of thiophene rings is 1. The average Bonchev–Trinajstić information content (AvgIpc) is 2.48. The molecule has 2 heteroatoms. The number of rotatable bonds is 4. The van der Waals surface area contributed by atoms with Gasteiger partial charge in [-0.2, -0.15) is 0 Å². The Morgan fingerprint density at radius 2 is 1.92 bits per heavy atom. The van der Waals surface area contributed by atoms with Gasteiger partial charge in [-0.05, 0) is 31.9 Å². The highest BCUT2D eigenvalue weighted by Gasteiger charge is 2.04. The highest BCUT2D eigenvalue weighted by Crippen LogP contribution is 2.24. The zero-order chi connectivity index (χ0) is 9.84. The van der Waals surface area contributed by atoms with Gasteiger partial charge in [0.25, 0.3) is 0 Å². The van der Waals surface area contributed by atoms with Crippen molar-refractivity contribution in [2.75, 3.05) is 0 Å². The van der Waals surface area contributed by atoms with E-state index in [1.54, 1.807) is 0 Å². The summed E-state index contributed by atoms with van der Waals surface area (Å²) in [6.45, 7) is 9.33. The maximum Gasteiger partial charge on any atom is 0.0812 e. The highest BCUT2D eigenvalue weighted by atomic mass is 32.1. The molecule has 0 bridgehead atoms. The van der Waals surface area contributed by atoms with Crippen LogP contribution in [0.4, 0.5) is 0 Å². The third-order valence-electron chi connectivity index (χ3n) is 1.81. The topological polar surface area (TPSA) is 9.23 Å². The molecule has 0 aliphatic heterocycles. The van der Waals surface area contributed by atoms with Gasteiger partial charge < -0.3 is 4.74 Å². The second-order valence-corrected chi connectivity index (χ2v) is 5.02. The SMILES string of the molecule is CC(C)OCc1ccc(C(C)C)s1. The molecule has 1 aromatic heterocycles. The fraction of sp³-hybridized carbons (Fsp3) is 0.636. The van der Waals surface area contributed by atoms with E-state index in [-0.39, 0.29) is 0 Å². The summed E-state index contributed by atoms with van der Waals surface area (Å²) in [6, 6.07) is 4.37. The molecule has 0 amide bonds. The van der Waals surface area contributed by atoms with Crippen molar-refractivity contribution in [3.63, 3.8) is 0 Å². The Bertz CT molecular complexity index is 250. The Balaban J connectivity index is 2.49. The minimum absolute atomic E-state index is 0.324. The van der Waals surface area contributed by atoms with Gasteiger partial charge in [0.2, 0.25) is 0 Å². The molecule has 1 rings (SSSR count). The van der Waals surface area contributed by atoms with Crippen molar-refractivity contribution in [3.05, 3.63) is 21.9 Å². The molecular formula is C11H18OS. The van der Waals surface area contributed by atoms with Gasteiger partial charge >= 0.3 is 0 Å². The van der Waals surface area contributed by atoms with Crippen molar-refractivity contribution in [3.8, 4) is 0 Å². The Morgan fingerprint density at radius 1 is 1.23 bits per heavy atom. The molecule has 1 nitrogen and oxygen atoms in total. The van der Waals surface area contributed by atoms with Crippen molar-refractivity contribution < 1.29 is 4.74 Å². The van der Waals surface area contributed by atoms with Crippen molar-refractivity contribution in [1.82, 2.24) is 0 Å². The molecule has 0 N–H and O–H groups in total. The lowest BCUT2D eigenvalue weighted by molar-refractivity contribution is 0.0674. The lowest BCUT2D eigenvalue weighted by atomic mass is 10.2. The largest absolute Gasteiger partial charge is 0.373 e. The molecule has 0 aliphatic carbocycles. The van der Waals surface area contributed by atoms with E-state index in [4.69, 9.17) is 4.74 Å². The molecule has 0 fully saturated rings. The molecule has 1 aromatic rings. The summed E-state index contributed by atoms with van der Waals surface area (Å²) in [4.78, 5) is 2.78. The van der Waals surface area contributed by atoms with E-state index in [9.17, 15) is 0 Å². The summed E-state index contributed by atoms with van der Waals surface area (Å²) in [7, 11) is 0. The quantitative estimate of drug-likeness (QED) is 0.715. The number of hydrogen-bond acceptors (Lipinski definition) is 2. The van der Waals surface area contributed by atoms with E-state index in [0.29, 0.717) is 12.0 Å². The zero-order valence-electron chi connectivity index (χ0n) is 8.83. The third-order valence-corrected chi connectivity index (χ3v) is 3.17. The first-order chi connectivity index (χ1) is 6.09. The van der Waals surface area contributed by atoms with Gasteiger partial charge in [-0.3, -0.25) is 0 Å². The lowest BCUT2D eigenvalue weighted by Gasteiger charge is -2.04. The Labute approximate surface area is 84.7 Å². The monoisotopic (exact) mass is 198 g/mol. The molecule has 0 saturated carbocycles. The van der Waals surface area contributed by atoms with Crippen LogP contribution in [0.5, 0.6) is 0 Å². The lowest BCUT2D eigenvalue weighted by Crippen LogP contribution is -2.00. The third kappa shape index (κ3) is 3.49. The van der Waals surface area contributed by atoms with E-state index in [2.05, 4.69) is 39.8 Å². The van der Waals surface area contributed by atoms with Gasteiger partial charge in [-0.1, -0.05) is 13.8 Å². The fourth-order valence-electron chi connectivity index (χ4n) is 1.03. The van der Waals surface area contributed by atoms with Crippen LogP contribution in [0.3, 0.4) is 0 Å². The van der Waals surface area contributed by atoms with Crippen LogP contribution in [0.25, 0.3) is 0 Å². The van der Waals surface area contributed by atoms with E-state index >= 15 is 0 Å².